The van der Waals surface area contributed by atoms with Gasteiger partial charge in [-0.15, -0.1) is 0 Å². The Morgan fingerprint density at radius 3 is 1.94 bits per heavy atom. The lowest BCUT2D eigenvalue weighted by molar-refractivity contribution is -0.162. The van der Waals surface area contributed by atoms with Crippen LogP contribution in [0.25, 0.3) is 0 Å². The summed E-state index contributed by atoms with van der Waals surface area (Å²) in [5.74, 6) is 0. The fraction of sp³-hybridized carbons (Fsp3) is 0.727. The van der Waals surface area contributed by atoms with Gasteiger partial charge in [-0.2, -0.15) is 8.78 Å². The van der Waals surface area contributed by atoms with E-state index in [1.807, 2.05) is 0 Å². The average molecular weight is 263 g/mol. The van der Waals surface area contributed by atoms with Gasteiger partial charge in [-0.05, 0) is 33.6 Å². The van der Waals surface area contributed by atoms with Crippen molar-refractivity contribution < 1.29 is 27.9 Å². The van der Waals surface area contributed by atoms with Crippen molar-refractivity contribution in [2.75, 3.05) is 0 Å². The number of halogens is 2. The predicted molar refractivity (Wildman–Crippen MR) is 57.1 cm³/mol. The van der Waals surface area contributed by atoms with Gasteiger partial charge in [0.2, 0.25) is 0 Å². The lowest BCUT2D eigenvalue weighted by atomic mass is 9.66. The van der Waals surface area contributed by atoms with Crippen molar-refractivity contribution in [1.29, 1.82) is 0 Å². The van der Waals surface area contributed by atoms with Crippen LogP contribution in [-0.4, -0.2) is 29.8 Å². The summed E-state index contributed by atoms with van der Waals surface area (Å²) >= 11 is 0. The van der Waals surface area contributed by atoms with E-state index in [-0.39, 0.29) is 12.8 Å². The Bertz CT molecular complexity index is 367. The van der Waals surface area contributed by atoms with Gasteiger partial charge in [-0.1, -0.05) is 0 Å². The smallest absolute Gasteiger partial charge is 0.407 e. The summed E-state index contributed by atoms with van der Waals surface area (Å²) in [6.07, 6.45) is -1.51. The first-order chi connectivity index (χ1) is 8.07. The molecule has 0 aromatic heterocycles. The molecule has 1 N–H and O–H groups in total. The minimum atomic E-state index is -2.22. The molecule has 0 unspecified atom stereocenters. The molecule has 0 radical (unpaired) electrons. The first kappa shape index (κ1) is 14.5. The maximum atomic E-state index is 12.6. The van der Waals surface area contributed by atoms with E-state index in [4.69, 9.17) is 4.74 Å². The number of hydrogen-bond donors (Lipinski definition) is 1. The zero-order valence-electron chi connectivity index (χ0n) is 10.4. The van der Waals surface area contributed by atoms with E-state index in [1.54, 1.807) is 20.8 Å². The molecule has 0 saturated heterocycles. The summed E-state index contributed by atoms with van der Waals surface area (Å²) in [7, 11) is 0. The molecule has 1 amide bonds. The van der Waals surface area contributed by atoms with Crippen molar-refractivity contribution >= 4 is 18.2 Å². The van der Waals surface area contributed by atoms with Crippen molar-refractivity contribution in [2.45, 2.75) is 45.3 Å². The number of nitrogens with one attached hydrogen (secondary N) is 1. The molecule has 1 aliphatic rings. The maximum absolute atomic E-state index is 12.6. The Kier molecular flexibility index (Phi) is 3.73. The number of ether oxygens (including phenoxy) is 1. The average Bonchev–Trinajstić information content (AvgIpc) is 2.05. The molecule has 0 aromatic carbocycles. The van der Waals surface area contributed by atoms with Crippen molar-refractivity contribution in [1.82, 2.24) is 5.32 Å². The number of amides is 1. The summed E-state index contributed by atoms with van der Waals surface area (Å²) in [6, 6.07) is -4.64. The Morgan fingerprint density at radius 1 is 1.17 bits per heavy atom. The molecule has 0 aromatic rings. The van der Waals surface area contributed by atoms with Crippen LogP contribution in [0.15, 0.2) is 0 Å². The highest BCUT2D eigenvalue weighted by molar-refractivity contribution is 6.00. The van der Waals surface area contributed by atoms with Crippen LogP contribution in [0.5, 0.6) is 0 Å². The van der Waals surface area contributed by atoms with E-state index in [1.165, 1.54) is 0 Å². The summed E-state index contributed by atoms with van der Waals surface area (Å²) in [5, 5.41) is 2.34. The second kappa shape index (κ2) is 4.62. The molecule has 1 rings (SSSR count). The standard InChI is InChI=1S/C11H15F2NO4/c1-10(2,3)18-9(17)14-6-4-11(5-6,7(12)15)8(13)16/h6H,4-5H2,1-3H3,(H,14,17). The number of alkyl carbamates (subject to hydrolysis) is 1. The van der Waals surface area contributed by atoms with Gasteiger partial charge in [0.15, 0.2) is 5.41 Å². The maximum Gasteiger partial charge on any atom is 0.407 e. The van der Waals surface area contributed by atoms with Crippen molar-refractivity contribution in [2.24, 2.45) is 5.41 Å². The minimum absolute atomic E-state index is 0.378. The van der Waals surface area contributed by atoms with Gasteiger partial charge < -0.3 is 10.1 Å². The normalized spacial score (nSPS) is 18.7. The Hall–Kier alpha value is -1.53. The van der Waals surface area contributed by atoms with Crippen LogP contribution in [0.4, 0.5) is 13.6 Å². The van der Waals surface area contributed by atoms with Crippen LogP contribution in [0, 0.1) is 5.41 Å². The lowest BCUT2D eigenvalue weighted by Gasteiger charge is -2.40. The third-order valence-corrected chi connectivity index (χ3v) is 2.66. The van der Waals surface area contributed by atoms with Gasteiger partial charge in [-0.25, -0.2) is 4.79 Å². The SMILES string of the molecule is CC(C)(C)OC(=O)NC1CC(C(=O)F)(C(=O)F)C1. The molecular weight excluding hydrogens is 248 g/mol. The van der Waals surface area contributed by atoms with E-state index in [0.29, 0.717) is 0 Å². The monoisotopic (exact) mass is 263 g/mol. The number of rotatable bonds is 3. The first-order valence-electron chi connectivity index (χ1n) is 5.46. The summed E-state index contributed by atoms with van der Waals surface area (Å²) in [4.78, 5) is 32.5. The second-order valence-electron chi connectivity index (χ2n) is 5.38. The Labute approximate surface area is 103 Å². The summed E-state index contributed by atoms with van der Waals surface area (Å²) in [5.41, 5.74) is -2.92. The van der Waals surface area contributed by atoms with Gasteiger partial charge >= 0.3 is 18.2 Å². The van der Waals surface area contributed by atoms with Crippen LogP contribution < -0.4 is 5.32 Å². The molecule has 5 nitrogen and oxygen atoms in total. The molecular formula is C11H15F2NO4. The molecule has 18 heavy (non-hydrogen) atoms. The highest BCUT2D eigenvalue weighted by Gasteiger charge is 2.57. The van der Waals surface area contributed by atoms with E-state index in [0.717, 1.165) is 0 Å². The third-order valence-electron chi connectivity index (χ3n) is 2.66. The van der Waals surface area contributed by atoms with Gasteiger partial charge in [0.05, 0.1) is 0 Å². The molecule has 1 saturated carbocycles. The van der Waals surface area contributed by atoms with Crippen molar-refractivity contribution in [3.8, 4) is 0 Å². The van der Waals surface area contributed by atoms with E-state index >= 15 is 0 Å². The predicted octanol–water partition coefficient (Wildman–Crippen LogP) is 1.65. The lowest BCUT2D eigenvalue weighted by Crippen LogP contribution is -2.57. The van der Waals surface area contributed by atoms with Gasteiger partial charge in [0, 0.05) is 6.04 Å². The summed E-state index contributed by atoms with van der Waals surface area (Å²) in [6.45, 7) is 4.98. The highest BCUT2D eigenvalue weighted by Crippen LogP contribution is 2.43. The number of hydrogen-bond acceptors (Lipinski definition) is 4. The Balaban J connectivity index is 2.50. The van der Waals surface area contributed by atoms with E-state index < -0.39 is 35.2 Å². The van der Waals surface area contributed by atoms with E-state index in [9.17, 15) is 23.2 Å². The molecule has 0 spiro atoms. The van der Waals surface area contributed by atoms with Gasteiger partial charge in [-0.3, -0.25) is 9.59 Å². The zero-order chi connectivity index (χ0) is 14.1. The molecule has 0 aliphatic heterocycles. The molecule has 0 heterocycles. The van der Waals surface area contributed by atoms with Crippen LogP contribution in [0.3, 0.4) is 0 Å². The van der Waals surface area contributed by atoms with Crippen LogP contribution in [-0.2, 0) is 14.3 Å². The number of carbonyl (C=O) groups is 3. The quantitative estimate of drug-likeness (QED) is 0.620. The fourth-order valence-electron chi connectivity index (χ4n) is 1.76. The third kappa shape index (κ3) is 3.02. The van der Waals surface area contributed by atoms with Crippen molar-refractivity contribution in [3.05, 3.63) is 0 Å². The minimum Gasteiger partial charge on any atom is -0.444 e. The van der Waals surface area contributed by atoms with E-state index in [2.05, 4.69) is 5.32 Å². The fourth-order valence-corrected chi connectivity index (χ4v) is 1.76. The van der Waals surface area contributed by atoms with Gasteiger partial charge in [0.1, 0.15) is 5.60 Å². The van der Waals surface area contributed by atoms with Crippen LogP contribution >= 0.6 is 0 Å². The van der Waals surface area contributed by atoms with Crippen LogP contribution in [0.2, 0.25) is 0 Å². The van der Waals surface area contributed by atoms with Crippen molar-refractivity contribution in [3.63, 3.8) is 0 Å². The number of carbonyl (C=O) groups excluding carboxylic acids is 3. The molecule has 1 fully saturated rings. The summed E-state index contributed by atoms with van der Waals surface area (Å²) < 4.78 is 30.1. The molecule has 0 atom stereocenters. The molecule has 0 bridgehead atoms. The first-order valence-corrected chi connectivity index (χ1v) is 5.46. The van der Waals surface area contributed by atoms with Crippen LogP contribution in [0.1, 0.15) is 33.6 Å². The molecule has 7 heteroatoms. The Morgan fingerprint density at radius 2 is 1.61 bits per heavy atom. The molecule has 1 aliphatic carbocycles. The largest absolute Gasteiger partial charge is 0.444 e. The topological polar surface area (TPSA) is 72.5 Å². The second-order valence-corrected chi connectivity index (χ2v) is 5.38. The molecule has 102 valence electrons. The highest BCUT2D eigenvalue weighted by atomic mass is 19.1. The zero-order valence-corrected chi connectivity index (χ0v) is 10.4. The van der Waals surface area contributed by atoms with Gasteiger partial charge in [0.25, 0.3) is 0 Å².